The predicted molar refractivity (Wildman–Crippen MR) is 68.5 cm³/mol. The number of rotatable bonds is 6. The number of aromatic nitrogens is 2. The monoisotopic (exact) mass is 223 g/mol. The predicted octanol–water partition coefficient (Wildman–Crippen LogP) is 2.91. The van der Waals surface area contributed by atoms with E-state index in [1.807, 2.05) is 0 Å². The Labute approximate surface area is 99.2 Å². The molecule has 0 amide bonds. The van der Waals surface area contributed by atoms with Gasteiger partial charge in [0.15, 0.2) is 0 Å². The zero-order valence-electron chi connectivity index (χ0n) is 11.2. The summed E-state index contributed by atoms with van der Waals surface area (Å²) < 4.78 is 2.12. The highest BCUT2D eigenvalue weighted by molar-refractivity contribution is 5.13. The van der Waals surface area contributed by atoms with Crippen molar-refractivity contribution in [1.82, 2.24) is 15.1 Å². The average Bonchev–Trinajstić information content (AvgIpc) is 2.58. The van der Waals surface area contributed by atoms with E-state index in [2.05, 4.69) is 55.8 Å². The number of nitrogens with zero attached hydrogens (tertiary/aromatic N) is 2. The van der Waals surface area contributed by atoms with Gasteiger partial charge in [-0.3, -0.25) is 4.68 Å². The smallest absolute Gasteiger partial charge is 0.0597 e. The molecule has 3 nitrogen and oxygen atoms in total. The molecule has 92 valence electrons. The lowest BCUT2D eigenvalue weighted by Gasteiger charge is -2.20. The van der Waals surface area contributed by atoms with Crippen molar-refractivity contribution >= 4 is 0 Å². The fraction of sp³-hybridized carbons (Fsp3) is 0.769. The van der Waals surface area contributed by atoms with Crippen molar-refractivity contribution < 1.29 is 0 Å². The van der Waals surface area contributed by atoms with Gasteiger partial charge in [0.05, 0.1) is 11.4 Å². The summed E-state index contributed by atoms with van der Waals surface area (Å²) in [6.45, 7) is 12.9. The van der Waals surface area contributed by atoms with E-state index in [0.717, 1.165) is 18.8 Å². The summed E-state index contributed by atoms with van der Waals surface area (Å²) in [5, 5.41) is 8.07. The first-order chi connectivity index (χ1) is 7.58. The van der Waals surface area contributed by atoms with Crippen LogP contribution in [0.3, 0.4) is 0 Å². The maximum Gasteiger partial charge on any atom is 0.0597 e. The molecule has 1 aromatic rings. The molecule has 0 saturated heterocycles. The lowest BCUT2D eigenvalue weighted by Crippen LogP contribution is -2.25. The lowest BCUT2D eigenvalue weighted by atomic mass is 10.0. The molecule has 0 bridgehead atoms. The molecular formula is C13H25N3. The second kappa shape index (κ2) is 6.04. The molecule has 0 aromatic carbocycles. The van der Waals surface area contributed by atoms with Gasteiger partial charge < -0.3 is 5.32 Å². The highest BCUT2D eigenvalue weighted by Gasteiger charge is 2.17. The fourth-order valence-corrected chi connectivity index (χ4v) is 2.13. The number of hydrogen-bond donors (Lipinski definition) is 1. The molecule has 0 spiro atoms. The van der Waals surface area contributed by atoms with Crippen molar-refractivity contribution in [1.29, 1.82) is 0 Å². The quantitative estimate of drug-likeness (QED) is 0.803. The second-order valence-corrected chi connectivity index (χ2v) is 4.77. The van der Waals surface area contributed by atoms with E-state index in [9.17, 15) is 0 Å². The van der Waals surface area contributed by atoms with Crippen LogP contribution in [0, 0.1) is 12.8 Å². The zero-order valence-corrected chi connectivity index (χ0v) is 11.2. The van der Waals surface area contributed by atoms with Crippen molar-refractivity contribution in [2.75, 3.05) is 6.54 Å². The van der Waals surface area contributed by atoms with E-state index < -0.39 is 0 Å². The minimum Gasteiger partial charge on any atom is -0.309 e. The van der Waals surface area contributed by atoms with Crippen LogP contribution in [0.1, 0.15) is 51.5 Å². The summed E-state index contributed by atoms with van der Waals surface area (Å²) in [6.07, 6.45) is 1.17. The van der Waals surface area contributed by atoms with Crippen molar-refractivity contribution in [3.8, 4) is 0 Å². The van der Waals surface area contributed by atoms with Crippen LogP contribution in [0.15, 0.2) is 6.07 Å². The molecule has 1 heterocycles. The van der Waals surface area contributed by atoms with Crippen molar-refractivity contribution in [3.63, 3.8) is 0 Å². The first kappa shape index (κ1) is 13.2. The summed E-state index contributed by atoms with van der Waals surface area (Å²) in [5.41, 5.74) is 2.44. The largest absolute Gasteiger partial charge is 0.309 e. The van der Waals surface area contributed by atoms with Crippen LogP contribution in [0.25, 0.3) is 0 Å². The third-order valence-corrected chi connectivity index (χ3v) is 2.75. The van der Waals surface area contributed by atoms with Gasteiger partial charge in [-0.2, -0.15) is 5.10 Å². The first-order valence-corrected chi connectivity index (χ1v) is 6.36. The van der Waals surface area contributed by atoms with E-state index in [-0.39, 0.29) is 0 Å². The highest BCUT2D eigenvalue weighted by Crippen LogP contribution is 2.22. The number of hydrogen-bond acceptors (Lipinski definition) is 2. The van der Waals surface area contributed by atoms with Gasteiger partial charge in [-0.15, -0.1) is 0 Å². The highest BCUT2D eigenvalue weighted by atomic mass is 15.3. The van der Waals surface area contributed by atoms with E-state index in [4.69, 9.17) is 0 Å². The van der Waals surface area contributed by atoms with Gasteiger partial charge in [0.25, 0.3) is 0 Å². The Kier molecular flexibility index (Phi) is 5.00. The summed E-state index contributed by atoms with van der Waals surface area (Å²) in [7, 11) is 0. The Hall–Kier alpha value is -0.830. The molecule has 0 radical (unpaired) electrons. The van der Waals surface area contributed by atoms with Crippen LogP contribution < -0.4 is 5.32 Å². The summed E-state index contributed by atoms with van der Waals surface area (Å²) >= 11 is 0. The van der Waals surface area contributed by atoms with Crippen LogP contribution in [0.2, 0.25) is 0 Å². The minimum absolute atomic E-state index is 0.436. The normalized spacial score (nSPS) is 13.4. The molecule has 1 aromatic heterocycles. The summed E-state index contributed by atoms with van der Waals surface area (Å²) in [4.78, 5) is 0. The van der Waals surface area contributed by atoms with Gasteiger partial charge in [-0.1, -0.05) is 20.8 Å². The van der Waals surface area contributed by atoms with Crippen molar-refractivity contribution in [2.45, 2.75) is 53.6 Å². The molecule has 1 rings (SSSR count). The van der Waals surface area contributed by atoms with Gasteiger partial charge >= 0.3 is 0 Å². The number of nitrogens with one attached hydrogen (secondary N) is 1. The van der Waals surface area contributed by atoms with Crippen molar-refractivity contribution in [3.05, 3.63) is 17.5 Å². The van der Waals surface area contributed by atoms with Crippen LogP contribution in [0.4, 0.5) is 0 Å². The first-order valence-electron chi connectivity index (χ1n) is 6.36. The van der Waals surface area contributed by atoms with Gasteiger partial charge in [-0.05, 0) is 38.8 Å². The lowest BCUT2D eigenvalue weighted by molar-refractivity contribution is 0.411. The molecule has 0 fully saturated rings. The molecular weight excluding hydrogens is 198 g/mol. The Morgan fingerprint density at radius 3 is 2.56 bits per heavy atom. The fourth-order valence-electron chi connectivity index (χ4n) is 2.13. The Morgan fingerprint density at radius 2 is 2.06 bits per heavy atom. The van der Waals surface area contributed by atoms with E-state index in [1.165, 1.54) is 12.1 Å². The standard InChI is InChI=1S/C13H25N3/c1-6-14-12(8-10(3)4)13-9-11(5)15-16(13)7-2/h9-10,12,14H,6-8H2,1-5H3. The van der Waals surface area contributed by atoms with Crippen LogP contribution >= 0.6 is 0 Å². The van der Waals surface area contributed by atoms with E-state index >= 15 is 0 Å². The molecule has 0 aliphatic rings. The summed E-state index contributed by atoms with van der Waals surface area (Å²) in [5.74, 6) is 0.699. The molecule has 16 heavy (non-hydrogen) atoms. The van der Waals surface area contributed by atoms with Crippen LogP contribution in [-0.4, -0.2) is 16.3 Å². The SMILES string of the molecule is CCNC(CC(C)C)c1cc(C)nn1CC. The molecule has 0 saturated carbocycles. The van der Waals surface area contributed by atoms with Gasteiger partial charge in [0.2, 0.25) is 0 Å². The maximum absolute atomic E-state index is 4.52. The molecule has 1 unspecified atom stereocenters. The minimum atomic E-state index is 0.436. The van der Waals surface area contributed by atoms with Crippen LogP contribution in [-0.2, 0) is 6.54 Å². The van der Waals surface area contributed by atoms with Gasteiger partial charge in [0.1, 0.15) is 0 Å². The van der Waals surface area contributed by atoms with Gasteiger partial charge in [-0.25, -0.2) is 0 Å². The molecule has 0 aliphatic heterocycles. The third-order valence-electron chi connectivity index (χ3n) is 2.75. The Bertz CT molecular complexity index is 315. The molecule has 0 aliphatic carbocycles. The second-order valence-electron chi connectivity index (χ2n) is 4.77. The maximum atomic E-state index is 4.52. The molecule has 1 atom stereocenters. The zero-order chi connectivity index (χ0) is 12.1. The average molecular weight is 223 g/mol. The van der Waals surface area contributed by atoms with Crippen molar-refractivity contribution in [2.24, 2.45) is 5.92 Å². The molecule has 3 heteroatoms. The summed E-state index contributed by atoms with van der Waals surface area (Å²) in [6, 6.07) is 2.64. The number of aryl methyl sites for hydroxylation is 2. The van der Waals surface area contributed by atoms with Crippen LogP contribution in [0.5, 0.6) is 0 Å². The van der Waals surface area contributed by atoms with E-state index in [0.29, 0.717) is 12.0 Å². The third kappa shape index (κ3) is 3.34. The molecule has 1 N–H and O–H groups in total. The van der Waals surface area contributed by atoms with E-state index in [1.54, 1.807) is 0 Å². The van der Waals surface area contributed by atoms with Gasteiger partial charge in [0, 0.05) is 12.6 Å². The topological polar surface area (TPSA) is 29.9 Å². The Balaban J connectivity index is 2.90. The Morgan fingerprint density at radius 1 is 1.38 bits per heavy atom.